The molecule has 3 aromatic carbocycles. The minimum Gasteiger partial charge on any atom is -0.493 e. The van der Waals surface area contributed by atoms with Crippen molar-refractivity contribution >= 4 is 17.6 Å². The van der Waals surface area contributed by atoms with Crippen molar-refractivity contribution in [1.82, 2.24) is 9.80 Å². The average Bonchev–Trinajstić information content (AvgIpc) is 2.95. The molecule has 0 N–H and O–H groups in total. The Hall–Kier alpha value is -3.77. The van der Waals surface area contributed by atoms with Crippen molar-refractivity contribution in [3.05, 3.63) is 77.9 Å². The Balaban J connectivity index is 1.75. The molecular formula is C31H36N2O4. The summed E-state index contributed by atoms with van der Waals surface area (Å²) in [7, 11) is 8.80. The van der Waals surface area contributed by atoms with Gasteiger partial charge in [-0.25, -0.2) is 0 Å². The van der Waals surface area contributed by atoms with Crippen molar-refractivity contribution in [2.75, 3.05) is 48.5 Å². The first-order chi connectivity index (χ1) is 17.9. The third kappa shape index (κ3) is 5.97. The van der Waals surface area contributed by atoms with E-state index < -0.39 is 0 Å². The standard InChI is InChI=1S/C31H36N2O4/c1-32-17-15-26(16-18-32)33(2)31(34)27(19-22-20-28(35-3)30(37-5)29(21-22)36-4)25-13-11-24(12-14-25)23-9-7-6-8-10-23/h6-14,19-21,26H,15-18H2,1-5H3/b27-19+. The van der Waals surface area contributed by atoms with Gasteiger partial charge in [-0.2, -0.15) is 0 Å². The van der Waals surface area contributed by atoms with Crippen LogP contribution in [-0.2, 0) is 4.79 Å². The number of amides is 1. The summed E-state index contributed by atoms with van der Waals surface area (Å²) in [6.45, 7) is 1.97. The van der Waals surface area contributed by atoms with E-state index in [4.69, 9.17) is 14.2 Å². The maximum absolute atomic E-state index is 14.0. The fourth-order valence-electron chi connectivity index (χ4n) is 4.83. The van der Waals surface area contributed by atoms with Crippen LogP contribution in [0.2, 0.25) is 0 Å². The van der Waals surface area contributed by atoms with E-state index in [1.807, 2.05) is 60.5 Å². The Kier molecular flexibility index (Phi) is 8.51. The van der Waals surface area contributed by atoms with Crippen LogP contribution in [0.4, 0.5) is 0 Å². The van der Waals surface area contributed by atoms with Crippen molar-refractivity contribution < 1.29 is 19.0 Å². The minimum absolute atomic E-state index is 0.00392. The van der Waals surface area contributed by atoms with Crippen LogP contribution in [0.1, 0.15) is 24.0 Å². The van der Waals surface area contributed by atoms with E-state index in [0.717, 1.165) is 48.2 Å². The Labute approximate surface area is 220 Å². The van der Waals surface area contributed by atoms with Crippen LogP contribution < -0.4 is 14.2 Å². The van der Waals surface area contributed by atoms with E-state index in [1.165, 1.54) is 0 Å². The Morgan fingerprint density at radius 3 is 1.97 bits per heavy atom. The number of rotatable bonds is 8. The zero-order valence-corrected chi connectivity index (χ0v) is 22.4. The molecule has 1 aliphatic rings. The van der Waals surface area contributed by atoms with Gasteiger partial charge in [0, 0.05) is 18.7 Å². The van der Waals surface area contributed by atoms with Gasteiger partial charge < -0.3 is 24.0 Å². The molecule has 1 amide bonds. The van der Waals surface area contributed by atoms with Crippen LogP contribution in [0.5, 0.6) is 17.2 Å². The lowest BCUT2D eigenvalue weighted by atomic mass is 9.96. The topological polar surface area (TPSA) is 51.2 Å². The first-order valence-corrected chi connectivity index (χ1v) is 12.6. The summed E-state index contributed by atoms with van der Waals surface area (Å²) in [4.78, 5) is 18.2. The molecule has 0 unspecified atom stereocenters. The van der Waals surface area contributed by atoms with Crippen molar-refractivity contribution in [2.24, 2.45) is 0 Å². The van der Waals surface area contributed by atoms with Crippen LogP contribution in [0.15, 0.2) is 66.7 Å². The number of methoxy groups -OCH3 is 3. The summed E-state index contributed by atoms with van der Waals surface area (Å²) in [5.41, 5.74) is 4.52. The second kappa shape index (κ2) is 12.0. The monoisotopic (exact) mass is 500 g/mol. The lowest BCUT2D eigenvalue weighted by Gasteiger charge is -2.35. The molecule has 6 nitrogen and oxygen atoms in total. The number of carbonyl (C=O) groups is 1. The molecule has 1 saturated heterocycles. The summed E-state index contributed by atoms with van der Waals surface area (Å²) < 4.78 is 16.6. The number of likely N-dealkylation sites (N-methyl/N-ethyl adjacent to an activating group) is 1. The molecule has 1 aliphatic heterocycles. The molecule has 0 aliphatic carbocycles. The highest BCUT2D eigenvalue weighted by Crippen LogP contribution is 2.39. The number of hydrogen-bond donors (Lipinski definition) is 0. The molecule has 1 fully saturated rings. The van der Waals surface area contributed by atoms with Gasteiger partial charge >= 0.3 is 0 Å². The van der Waals surface area contributed by atoms with Crippen LogP contribution in [0.3, 0.4) is 0 Å². The van der Waals surface area contributed by atoms with Crippen molar-refractivity contribution in [2.45, 2.75) is 18.9 Å². The quantitative estimate of drug-likeness (QED) is 0.303. The van der Waals surface area contributed by atoms with Gasteiger partial charge in [-0.3, -0.25) is 4.79 Å². The Bertz CT molecular complexity index is 1200. The molecule has 0 saturated carbocycles. The van der Waals surface area contributed by atoms with E-state index in [0.29, 0.717) is 22.8 Å². The van der Waals surface area contributed by atoms with E-state index in [-0.39, 0.29) is 11.9 Å². The highest BCUT2D eigenvalue weighted by molar-refractivity contribution is 6.24. The molecule has 37 heavy (non-hydrogen) atoms. The first-order valence-electron chi connectivity index (χ1n) is 12.6. The molecule has 194 valence electrons. The summed E-state index contributed by atoms with van der Waals surface area (Å²) in [5, 5.41) is 0. The lowest BCUT2D eigenvalue weighted by molar-refractivity contribution is -0.126. The fourth-order valence-corrected chi connectivity index (χ4v) is 4.83. The number of carbonyl (C=O) groups excluding carboxylic acids is 1. The molecule has 0 atom stereocenters. The lowest BCUT2D eigenvalue weighted by Crippen LogP contribution is -2.44. The predicted octanol–water partition coefficient (Wildman–Crippen LogP) is 5.47. The summed E-state index contributed by atoms with van der Waals surface area (Å²) in [6, 6.07) is 22.3. The second-order valence-electron chi connectivity index (χ2n) is 9.41. The molecule has 0 radical (unpaired) electrons. The molecule has 0 spiro atoms. The third-order valence-corrected chi connectivity index (χ3v) is 7.09. The number of hydrogen-bond acceptors (Lipinski definition) is 5. The number of ether oxygens (including phenoxy) is 3. The molecular weight excluding hydrogens is 464 g/mol. The highest BCUT2D eigenvalue weighted by Gasteiger charge is 2.27. The maximum atomic E-state index is 14.0. The van der Waals surface area contributed by atoms with Gasteiger partial charge in [-0.15, -0.1) is 0 Å². The summed E-state index contributed by atoms with van der Waals surface area (Å²) >= 11 is 0. The van der Waals surface area contributed by atoms with Gasteiger partial charge in [0.15, 0.2) is 11.5 Å². The molecule has 6 heteroatoms. The van der Waals surface area contributed by atoms with Crippen LogP contribution in [0.25, 0.3) is 22.8 Å². The Morgan fingerprint density at radius 1 is 0.865 bits per heavy atom. The van der Waals surface area contributed by atoms with E-state index in [1.54, 1.807) is 21.3 Å². The molecule has 4 rings (SSSR count). The van der Waals surface area contributed by atoms with E-state index in [9.17, 15) is 4.79 Å². The minimum atomic E-state index is -0.00392. The maximum Gasteiger partial charge on any atom is 0.254 e. The summed E-state index contributed by atoms with van der Waals surface area (Å²) in [5.74, 6) is 1.60. The molecule has 1 heterocycles. The van der Waals surface area contributed by atoms with Crippen molar-refractivity contribution in [3.63, 3.8) is 0 Å². The fraction of sp³-hybridized carbons (Fsp3) is 0.323. The number of nitrogens with zero attached hydrogens (tertiary/aromatic N) is 2. The zero-order valence-electron chi connectivity index (χ0n) is 22.4. The molecule has 0 aromatic heterocycles. The van der Waals surface area contributed by atoms with Gasteiger partial charge in [0.25, 0.3) is 5.91 Å². The molecule has 0 bridgehead atoms. The average molecular weight is 501 g/mol. The van der Waals surface area contributed by atoms with Crippen molar-refractivity contribution in [1.29, 1.82) is 0 Å². The summed E-state index contributed by atoms with van der Waals surface area (Å²) in [6.07, 6.45) is 3.84. The van der Waals surface area contributed by atoms with Gasteiger partial charge in [0.05, 0.1) is 21.3 Å². The second-order valence-corrected chi connectivity index (χ2v) is 9.41. The predicted molar refractivity (Wildman–Crippen MR) is 149 cm³/mol. The van der Waals surface area contributed by atoms with Crippen LogP contribution >= 0.6 is 0 Å². The van der Waals surface area contributed by atoms with Gasteiger partial charge in [0.1, 0.15) is 0 Å². The third-order valence-electron chi connectivity index (χ3n) is 7.09. The van der Waals surface area contributed by atoms with E-state index in [2.05, 4.69) is 36.2 Å². The van der Waals surface area contributed by atoms with Crippen LogP contribution in [0, 0.1) is 0 Å². The van der Waals surface area contributed by atoms with Crippen molar-refractivity contribution in [3.8, 4) is 28.4 Å². The normalized spacial score (nSPS) is 14.8. The smallest absolute Gasteiger partial charge is 0.254 e. The van der Waals surface area contributed by atoms with Crippen LogP contribution in [-0.4, -0.2) is 70.3 Å². The number of piperidine rings is 1. The first kappa shape index (κ1) is 26.3. The SMILES string of the molecule is COc1cc(/C=C(/C(=O)N(C)C2CCN(C)CC2)c2ccc(-c3ccccc3)cc2)cc(OC)c1OC. The number of likely N-dealkylation sites (tertiary alicyclic amines) is 1. The zero-order chi connectivity index (χ0) is 26.4. The highest BCUT2D eigenvalue weighted by atomic mass is 16.5. The number of benzene rings is 3. The van der Waals surface area contributed by atoms with Gasteiger partial charge in [-0.1, -0.05) is 54.6 Å². The van der Waals surface area contributed by atoms with Gasteiger partial charge in [-0.05, 0) is 73.4 Å². The molecule has 3 aromatic rings. The Morgan fingerprint density at radius 2 is 1.43 bits per heavy atom. The van der Waals surface area contributed by atoms with E-state index >= 15 is 0 Å². The largest absolute Gasteiger partial charge is 0.493 e. The van der Waals surface area contributed by atoms with Gasteiger partial charge in [0.2, 0.25) is 5.75 Å².